The average Bonchev–Trinajstić information content (AvgIpc) is 2.96. The van der Waals surface area contributed by atoms with Crippen molar-refractivity contribution in [2.45, 2.75) is 6.54 Å². The van der Waals surface area contributed by atoms with Gasteiger partial charge >= 0.3 is 5.68 Å². The lowest BCUT2D eigenvalue weighted by molar-refractivity contribution is -0.0000139. The van der Waals surface area contributed by atoms with Gasteiger partial charge in [-0.3, -0.25) is 4.79 Å². The highest BCUT2D eigenvalue weighted by Gasteiger charge is 2.13. The van der Waals surface area contributed by atoms with E-state index in [1.54, 1.807) is 55.6 Å². The lowest BCUT2D eigenvalue weighted by atomic mass is 10.1. The molecule has 6 nitrogen and oxygen atoms in total. The van der Waals surface area contributed by atoms with E-state index in [0.717, 1.165) is 10.2 Å². The topological polar surface area (TPSA) is 81.1 Å². The third-order valence-corrected chi connectivity index (χ3v) is 3.96. The van der Waals surface area contributed by atoms with Crippen LogP contribution in [0.2, 0.25) is 0 Å². The fraction of sp³-hybridized carbons (Fsp3) is 0.118. The molecular weight excluding hydrogens is 454 g/mol. The van der Waals surface area contributed by atoms with Crippen molar-refractivity contribution in [1.82, 2.24) is 9.78 Å². The smallest absolute Gasteiger partial charge is 0.313 e. The number of hydrogen-bond donors (Lipinski definition) is 1. The minimum absolute atomic E-state index is 0. The highest BCUT2D eigenvalue weighted by atomic mass is 79.9. The van der Waals surface area contributed by atoms with E-state index in [9.17, 15) is 4.79 Å². The van der Waals surface area contributed by atoms with Gasteiger partial charge in [-0.15, -0.1) is 5.10 Å². The van der Waals surface area contributed by atoms with Gasteiger partial charge in [0.1, 0.15) is 12.3 Å². The van der Waals surface area contributed by atoms with Crippen molar-refractivity contribution in [1.29, 1.82) is 5.41 Å². The first-order chi connectivity index (χ1) is 11.6. The van der Waals surface area contributed by atoms with Crippen LogP contribution in [0.3, 0.4) is 0 Å². The number of nitrogens with one attached hydrogen (secondary N) is 1. The summed E-state index contributed by atoms with van der Waals surface area (Å²) >= 11 is 3.33. The fourth-order valence-corrected chi connectivity index (χ4v) is 2.40. The van der Waals surface area contributed by atoms with Crippen LogP contribution in [0, 0.1) is 5.41 Å². The van der Waals surface area contributed by atoms with Gasteiger partial charge in [-0.1, -0.05) is 28.1 Å². The number of aromatic nitrogens is 2. The zero-order valence-electron chi connectivity index (χ0n) is 13.2. The van der Waals surface area contributed by atoms with Crippen molar-refractivity contribution in [3.8, 4) is 17.2 Å². The van der Waals surface area contributed by atoms with E-state index in [4.69, 9.17) is 14.6 Å². The summed E-state index contributed by atoms with van der Waals surface area (Å²) in [5.41, 5.74) is 1.09. The molecule has 0 spiro atoms. The normalized spacial score (nSPS) is 10.2. The Morgan fingerprint density at radius 3 is 2.44 bits per heavy atom. The molecule has 1 aromatic heterocycles. The number of benzene rings is 2. The summed E-state index contributed by atoms with van der Waals surface area (Å²) in [6.07, 6.45) is 0. The molecule has 0 saturated heterocycles. The summed E-state index contributed by atoms with van der Waals surface area (Å²) in [5.74, 6) is 0.858. The second-order valence-electron chi connectivity index (χ2n) is 5.03. The zero-order chi connectivity index (χ0) is 17.1. The zero-order valence-corrected chi connectivity index (χ0v) is 16.4. The Kier molecular flexibility index (Phi) is 6.33. The number of halogens is 2. The summed E-state index contributed by atoms with van der Waals surface area (Å²) in [6.45, 7) is -0.0554. The first-order valence-electron chi connectivity index (χ1n) is 7.12. The Hall–Kier alpha value is -2.19. The number of carbonyl (C=O) groups excluding carboxylic acids is 1. The van der Waals surface area contributed by atoms with Crippen LogP contribution < -0.4 is 27.4 Å². The highest BCUT2D eigenvalue weighted by molar-refractivity contribution is 9.10. The third kappa shape index (κ3) is 4.46. The Balaban J connectivity index is 0.00000225. The molecule has 0 amide bonds. The van der Waals surface area contributed by atoms with Crippen molar-refractivity contribution < 1.29 is 30.9 Å². The Morgan fingerprint density at radius 1 is 1.20 bits per heavy atom. The van der Waals surface area contributed by atoms with Crippen LogP contribution in [0.5, 0.6) is 5.75 Å². The Morgan fingerprint density at radius 2 is 1.84 bits per heavy atom. The molecule has 0 atom stereocenters. The van der Waals surface area contributed by atoms with E-state index < -0.39 is 0 Å². The van der Waals surface area contributed by atoms with E-state index in [2.05, 4.69) is 21.0 Å². The van der Waals surface area contributed by atoms with E-state index in [-0.39, 0.29) is 40.9 Å². The minimum atomic E-state index is -0.175. The number of methoxy groups -OCH3 is 1. The quantitative estimate of drug-likeness (QED) is 0.546. The van der Waals surface area contributed by atoms with E-state index in [0.29, 0.717) is 11.1 Å². The predicted octanol–water partition coefficient (Wildman–Crippen LogP) is 0.281. The van der Waals surface area contributed by atoms with Gasteiger partial charge in [0, 0.05) is 15.6 Å². The summed E-state index contributed by atoms with van der Waals surface area (Å²) in [7, 11) is 1.59. The number of nitrogens with zero attached hydrogens (tertiary/aromatic N) is 2. The first-order valence-corrected chi connectivity index (χ1v) is 7.92. The summed E-state index contributed by atoms with van der Waals surface area (Å²) < 4.78 is 12.6. The minimum Gasteiger partial charge on any atom is -1.00 e. The number of ketones is 1. The molecule has 0 bridgehead atoms. The lowest BCUT2D eigenvalue weighted by Gasteiger charge is -2.01. The van der Waals surface area contributed by atoms with Gasteiger partial charge in [-0.25, -0.2) is 10.1 Å². The molecule has 1 N–H and O–H groups in total. The second kappa shape index (κ2) is 8.26. The molecule has 130 valence electrons. The van der Waals surface area contributed by atoms with Gasteiger partial charge in [0.2, 0.25) is 5.89 Å². The standard InChI is InChI=1S/C17H14BrN3O3.BrH/c1-23-14-8-4-12(5-9-14)16-20-21(17(19)24-16)10-15(22)11-2-6-13(18)7-3-11;/h2-9,19H,10H2,1H3;1H/p-1. The van der Waals surface area contributed by atoms with Crippen molar-refractivity contribution in [3.63, 3.8) is 0 Å². The molecule has 0 fully saturated rings. The molecule has 0 unspecified atom stereocenters. The Labute approximate surface area is 162 Å². The van der Waals surface area contributed by atoms with Gasteiger partial charge in [0.15, 0.2) is 5.78 Å². The molecule has 1 heterocycles. The van der Waals surface area contributed by atoms with Crippen molar-refractivity contribution in [3.05, 3.63) is 64.3 Å². The molecule has 3 aromatic rings. The molecule has 2 aromatic carbocycles. The van der Waals surface area contributed by atoms with Crippen LogP contribution in [0.1, 0.15) is 10.4 Å². The third-order valence-electron chi connectivity index (χ3n) is 3.44. The van der Waals surface area contributed by atoms with Gasteiger partial charge in [0.25, 0.3) is 0 Å². The molecule has 0 aliphatic rings. The molecule has 3 rings (SSSR count). The van der Waals surface area contributed by atoms with Gasteiger partial charge in [0.05, 0.1) is 7.11 Å². The SMILES string of the molecule is COc1ccc(-c2nn(CC(=O)c3ccc(Br)cc3)c(=N)o2)cc1.[Br-]. The van der Waals surface area contributed by atoms with Crippen LogP contribution >= 0.6 is 15.9 Å². The summed E-state index contributed by atoms with van der Waals surface area (Å²) in [4.78, 5) is 12.3. The average molecular weight is 468 g/mol. The number of ether oxygens (including phenoxy) is 1. The largest absolute Gasteiger partial charge is 1.00 e. The first kappa shape index (κ1) is 19.1. The highest BCUT2D eigenvalue weighted by Crippen LogP contribution is 2.19. The molecule has 0 aliphatic heterocycles. The van der Waals surface area contributed by atoms with Crippen molar-refractivity contribution in [2.24, 2.45) is 0 Å². The molecule has 0 saturated carbocycles. The monoisotopic (exact) mass is 466 g/mol. The van der Waals surface area contributed by atoms with E-state index in [1.807, 2.05) is 0 Å². The summed E-state index contributed by atoms with van der Waals surface area (Å²) in [6, 6.07) is 14.2. The number of rotatable bonds is 5. The van der Waals surface area contributed by atoms with Gasteiger partial charge in [-0.2, -0.15) is 0 Å². The number of hydrogen-bond acceptors (Lipinski definition) is 5. The molecule has 25 heavy (non-hydrogen) atoms. The molecule has 0 radical (unpaired) electrons. The van der Waals surface area contributed by atoms with Crippen LogP contribution in [0.25, 0.3) is 11.5 Å². The van der Waals surface area contributed by atoms with Crippen molar-refractivity contribution in [2.75, 3.05) is 7.11 Å². The van der Waals surface area contributed by atoms with E-state index in [1.165, 1.54) is 4.68 Å². The lowest BCUT2D eigenvalue weighted by Crippen LogP contribution is -3.00. The molecular formula is C17H14Br2N3O3-. The predicted molar refractivity (Wildman–Crippen MR) is 90.8 cm³/mol. The van der Waals surface area contributed by atoms with Crippen LogP contribution in [0.4, 0.5) is 0 Å². The van der Waals surface area contributed by atoms with Crippen LogP contribution in [-0.2, 0) is 6.54 Å². The maximum Gasteiger partial charge on any atom is 0.313 e. The second-order valence-corrected chi connectivity index (χ2v) is 5.94. The van der Waals surface area contributed by atoms with E-state index >= 15 is 0 Å². The maximum atomic E-state index is 12.3. The number of Topliss-reactive ketones (excluding diaryl/α,β-unsaturated/α-hetero) is 1. The van der Waals surface area contributed by atoms with Gasteiger partial charge < -0.3 is 26.1 Å². The molecule has 8 heteroatoms. The van der Waals surface area contributed by atoms with Crippen LogP contribution in [-0.4, -0.2) is 22.7 Å². The van der Waals surface area contributed by atoms with Crippen molar-refractivity contribution >= 4 is 21.7 Å². The number of carbonyl (C=O) groups is 1. The molecule has 0 aliphatic carbocycles. The fourth-order valence-electron chi connectivity index (χ4n) is 2.14. The Bertz CT molecular complexity index is 916. The maximum absolute atomic E-state index is 12.3. The summed E-state index contributed by atoms with van der Waals surface area (Å²) in [5, 5.41) is 12.1. The van der Waals surface area contributed by atoms with Crippen LogP contribution in [0.15, 0.2) is 57.4 Å². The van der Waals surface area contributed by atoms with Gasteiger partial charge in [-0.05, 0) is 36.4 Å².